The first-order valence-corrected chi connectivity index (χ1v) is 12.9. The third-order valence-electron chi connectivity index (χ3n) is 6.45. The summed E-state index contributed by atoms with van der Waals surface area (Å²) in [5, 5.41) is 29.0. The molecule has 2 amide bonds. The van der Waals surface area contributed by atoms with Crippen LogP contribution in [0.4, 0.5) is 20.6 Å². The quantitative estimate of drug-likeness (QED) is 0.242. The van der Waals surface area contributed by atoms with E-state index < -0.39 is 6.10 Å². The average Bonchev–Trinajstić information content (AvgIpc) is 2.93. The normalized spacial score (nSPS) is 14.6. The summed E-state index contributed by atoms with van der Waals surface area (Å²) in [6, 6.07) is 20.7. The number of aliphatic hydroxyl groups is 1. The van der Waals surface area contributed by atoms with Gasteiger partial charge in [0.2, 0.25) is 0 Å². The summed E-state index contributed by atoms with van der Waals surface area (Å²) >= 11 is 0. The molecule has 9 heteroatoms. The van der Waals surface area contributed by atoms with Gasteiger partial charge in [-0.3, -0.25) is 0 Å². The predicted molar refractivity (Wildman–Crippen MR) is 146 cm³/mol. The molecule has 202 valence electrons. The molecule has 1 fully saturated rings. The Kier molecular flexibility index (Phi) is 9.77. The molecule has 8 nitrogen and oxygen atoms in total. The van der Waals surface area contributed by atoms with Crippen LogP contribution in [0.2, 0.25) is 0 Å². The number of halogens is 1. The summed E-state index contributed by atoms with van der Waals surface area (Å²) in [4.78, 5) is 14.3. The van der Waals surface area contributed by atoms with Crippen molar-refractivity contribution in [3.63, 3.8) is 0 Å². The van der Waals surface area contributed by atoms with Gasteiger partial charge in [0, 0.05) is 37.1 Å². The molecular weight excluding hydrogens is 487 g/mol. The third kappa shape index (κ3) is 8.64. The van der Waals surface area contributed by atoms with Gasteiger partial charge in [0.05, 0.1) is 0 Å². The van der Waals surface area contributed by atoms with Crippen LogP contribution in [0.25, 0.3) is 0 Å². The minimum atomic E-state index is -0.629. The van der Waals surface area contributed by atoms with Crippen molar-refractivity contribution in [1.29, 1.82) is 0 Å². The van der Waals surface area contributed by atoms with Crippen LogP contribution in [-0.4, -0.2) is 66.1 Å². The number of nitrogens with zero attached hydrogens (tertiary/aromatic N) is 1. The fourth-order valence-electron chi connectivity index (χ4n) is 4.26. The van der Waals surface area contributed by atoms with Crippen molar-refractivity contribution >= 4 is 17.4 Å². The maximum absolute atomic E-state index is 13.0. The highest BCUT2D eigenvalue weighted by Gasteiger charge is 2.22. The van der Waals surface area contributed by atoms with Crippen molar-refractivity contribution in [2.75, 3.05) is 43.4 Å². The Morgan fingerprint density at radius 3 is 2.32 bits per heavy atom. The van der Waals surface area contributed by atoms with E-state index in [-0.39, 0.29) is 24.2 Å². The van der Waals surface area contributed by atoms with E-state index in [2.05, 4.69) is 40.2 Å². The predicted octanol–water partition coefficient (Wildman–Crippen LogP) is 4.21. The van der Waals surface area contributed by atoms with Crippen molar-refractivity contribution in [2.24, 2.45) is 0 Å². The Bertz CT molecular complexity index is 1130. The molecular formula is C29H35FN4O4. The second-order valence-electron chi connectivity index (χ2n) is 9.45. The standard InChI is InChI=1S/C29H35FN4O4/c30-22-3-7-24(8-4-22)33-29(37)34-17-14-25(15-18-34)32-23-5-1-21(2-6-23)13-16-31-19-27(36)20-38-28-11-9-26(35)10-12-28/h1-12,25,27,31-32,35-36H,13-20H2,(H,33,37)/t27-/m0/s1. The van der Waals surface area contributed by atoms with E-state index in [0.717, 1.165) is 31.5 Å². The number of aliphatic hydroxyl groups excluding tert-OH is 1. The van der Waals surface area contributed by atoms with E-state index in [1.54, 1.807) is 41.3 Å². The van der Waals surface area contributed by atoms with Gasteiger partial charge in [0.25, 0.3) is 0 Å². The minimum absolute atomic E-state index is 0.162. The highest BCUT2D eigenvalue weighted by Crippen LogP contribution is 2.19. The van der Waals surface area contributed by atoms with Crippen LogP contribution < -0.4 is 20.7 Å². The molecule has 0 spiro atoms. The van der Waals surface area contributed by atoms with Crippen LogP contribution in [0.3, 0.4) is 0 Å². The number of rotatable bonds is 11. The lowest BCUT2D eigenvalue weighted by Gasteiger charge is -2.33. The van der Waals surface area contributed by atoms with Crippen molar-refractivity contribution in [3.8, 4) is 11.5 Å². The third-order valence-corrected chi connectivity index (χ3v) is 6.45. The first-order valence-electron chi connectivity index (χ1n) is 12.9. The topological polar surface area (TPSA) is 106 Å². The highest BCUT2D eigenvalue weighted by molar-refractivity contribution is 5.89. The number of hydrogen-bond acceptors (Lipinski definition) is 6. The number of piperidine rings is 1. The number of phenolic OH excluding ortho intramolecular Hbond substituents is 1. The smallest absolute Gasteiger partial charge is 0.321 e. The number of ether oxygens (including phenoxy) is 1. The van der Waals surface area contributed by atoms with E-state index in [4.69, 9.17) is 4.74 Å². The number of anilines is 2. The fourth-order valence-corrected chi connectivity index (χ4v) is 4.26. The molecule has 1 atom stereocenters. The van der Waals surface area contributed by atoms with E-state index in [1.807, 2.05) is 0 Å². The van der Waals surface area contributed by atoms with Crippen molar-refractivity contribution in [1.82, 2.24) is 10.2 Å². The molecule has 1 heterocycles. The van der Waals surface area contributed by atoms with Crippen LogP contribution in [0.1, 0.15) is 18.4 Å². The highest BCUT2D eigenvalue weighted by atomic mass is 19.1. The van der Waals surface area contributed by atoms with Crippen molar-refractivity contribution < 1.29 is 24.1 Å². The zero-order valence-corrected chi connectivity index (χ0v) is 21.3. The van der Waals surface area contributed by atoms with Crippen LogP contribution in [0.5, 0.6) is 11.5 Å². The Morgan fingerprint density at radius 1 is 0.974 bits per heavy atom. The second-order valence-corrected chi connectivity index (χ2v) is 9.45. The Labute approximate surface area is 222 Å². The van der Waals surface area contributed by atoms with E-state index >= 15 is 0 Å². The first kappa shape index (κ1) is 27.2. The molecule has 1 saturated heterocycles. The number of carbonyl (C=O) groups is 1. The maximum atomic E-state index is 13.0. The molecule has 1 aliphatic heterocycles. The van der Waals surface area contributed by atoms with Gasteiger partial charge in [0.1, 0.15) is 30.0 Å². The lowest BCUT2D eigenvalue weighted by atomic mass is 10.0. The number of benzene rings is 3. The molecule has 0 aliphatic carbocycles. The van der Waals surface area contributed by atoms with Crippen LogP contribution in [0.15, 0.2) is 72.8 Å². The largest absolute Gasteiger partial charge is 0.508 e. The summed E-state index contributed by atoms with van der Waals surface area (Å²) < 4.78 is 18.6. The molecule has 1 aliphatic rings. The molecule has 3 aromatic rings. The van der Waals surface area contributed by atoms with Crippen molar-refractivity contribution in [3.05, 3.63) is 84.2 Å². The second kappa shape index (κ2) is 13.6. The molecule has 0 bridgehead atoms. The van der Waals surface area contributed by atoms with E-state index in [1.165, 1.54) is 17.7 Å². The summed E-state index contributed by atoms with van der Waals surface area (Å²) in [6.45, 7) is 2.65. The number of urea groups is 1. The summed E-state index contributed by atoms with van der Waals surface area (Å²) in [6.07, 6.45) is 1.91. The number of phenols is 1. The van der Waals surface area contributed by atoms with Gasteiger partial charge in [-0.25, -0.2) is 9.18 Å². The molecule has 3 aromatic carbocycles. The molecule has 0 radical (unpaired) electrons. The molecule has 0 aromatic heterocycles. The molecule has 5 N–H and O–H groups in total. The van der Waals surface area contributed by atoms with Gasteiger partial charge in [-0.05, 0) is 92.0 Å². The van der Waals surface area contributed by atoms with Gasteiger partial charge >= 0.3 is 6.03 Å². The number of amides is 2. The maximum Gasteiger partial charge on any atom is 0.321 e. The summed E-state index contributed by atoms with van der Waals surface area (Å²) in [5.74, 6) is 0.452. The zero-order valence-electron chi connectivity index (χ0n) is 21.3. The minimum Gasteiger partial charge on any atom is -0.508 e. The molecule has 0 unspecified atom stereocenters. The van der Waals surface area contributed by atoms with E-state index in [0.29, 0.717) is 37.1 Å². The summed E-state index contributed by atoms with van der Waals surface area (Å²) in [7, 11) is 0. The molecule has 0 saturated carbocycles. The number of hydrogen-bond donors (Lipinski definition) is 5. The summed E-state index contributed by atoms with van der Waals surface area (Å²) in [5.41, 5.74) is 2.84. The van der Waals surface area contributed by atoms with Crippen LogP contribution in [-0.2, 0) is 6.42 Å². The Balaban J connectivity index is 1.10. The van der Waals surface area contributed by atoms with Crippen LogP contribution in [0, 0.1) is 5.82 Å². The van der Waals surface area contributed by atoms with Gasteiger partial charge in [0.15, 0.2) is 0 Å². The SMILES string of the molecule is O=C(Nc1ccc(F)cc1)N1CCC(Nc2ccc(CCNC[C@H](O)COc3ccc(O)cc3)cc2)CC1. The number of nitrogens with one attached hydrogen (secondary N) is 3. The monoisotopic (exact) mass is 522 g/mol. The van der Waals surface area contributed by atoms with Gasteiger partial charge in [-0.2, -0.15) is 0 Å². The lowest BCUT2D eigenvalue weighted by Crippen LogP contribution is -2.44. The Morgan fingerprint density at radius 2 is 1.63 bits per heavy atom. The molecule has 38 heavy (non-hydrogen) atoms. The van der Waals surface area contributed by atoms with Crippen LogP contribution >= 0.6 is 0 Å². The van der Waals surface area contributed by atoms with Gasteiger partial charge < -0.3 is 35.8 Å². The Hall–Kier alpha value is -3.82. The lowest BCUT2D eigenvalue weighted by molar-refractivity contribution is 0.106. The average molecular weight is 523 g/mol. The van der Waals surface area contributed by atoms with Gasteiger partial charge in [-0.1, -0.05) is 12.1 Å². The number of aromatic hydroxyl groups is 1. The van der Waals surface area contributed by atoms with Crippen molar-refractivity contribution in [2.45, 2.75) is 31.4 Å². The zero-order chi connectivity index (χ0) is 26.7. The first-order chi connectivity index (χ1) is 18.4. The van der Waals surface area contributed by atoms with Gasteiger partial charge in [-0.15, -0.1) is 0 Å². The number of carbonyl (C=O) groups excluding carboxylic acids is 1. The molecule has 4 rings (SSSR count). The van der Waals surface area contributed by atoms with E-state index in [9.17, 15) is 19.4 Å². The number of likely N-dealkylation sites (tertiary alicyclic amines) is 1. The fraction of sp³-hybridized carbons (Fsp3) is 0.345.